The maximum Gasteiger partial charge on any atom is 0.416 e. The second-order valence-corrected chi connectivity index (χ2v) is 9.14. The lowest BCUT2D eigenvalue weighted by Gasteiger charge is -2.28. The molecule has 0 aliphatic carbocycles. The molecule has 1 aliphatic heterocycles. The smallest absolute Gasteiger partial charge is 0.359 e. The van der Waals surface area contributed by atoms with Crippen molar-refractivity contribution in [1.29, 1.82) is 0 Å². The lowest BCUT2D eigenvalue weighted by atomic mass is 10.0. The Morgan fingerprint density at radius 2 is 1.54 bits per heavy atom. The van der Waals surface area contributed by atoms with Gasteiger partial charge in [-0.05, 0) is 42.8 Å². The van der Waals surface area contributed by atoms with Gasteiger partial charge in [0.15, 0.2) is 0 Å². The number of nitrogens with zero attached hydrogens (tertiary/aromatic N) is 1. The van der Waals surface area contributed by atoms with Gasteiger partial charge in [-0.15, -0.1) is 0 Å². The Morgan fingerprint density at radius 3 is 2.15 bits per heavy atom. The molecule has 1 heterocycles. The van der Waals surface area contributed by atoms with E-state index in [0.717, 1.165) is 18.2 Å². The molecule has 4 rings (SSSR count). The van der Waals surface area contributed by atoms with Gasteiger partial charge in [-0.2, -0.15) is 26.3 Å². The van der Waals surface area contributed by atoms with Gasteiger partial charge in [0, 0.05) is 28.1 Å². The number of alkyl halides is 6. The summed E-state index contributed by atoms with van der Waals surface area (Å²) in [6, 6.07) is 15.2. The second-order valence-electron chi connectivity index (χ2n) is 9.14. The Bertz CT molecular complexity index is 1320. The molecular weight excluding hydrogens is 516 g/mol. The van der Waals surface area contributed by atoms with E-state index in [4.69, 9.17) is 0 Å². The van der Waals surface area contributed by atoms with Gasteiger partial charge in [0.2, 0.25) is 0 Å². The highest BCUT2D eigenvalue weighted by Gasteiger charge is 2.36. The lowest BCUT2D eigenvalue weighted by Crippen LogP contribution is -2.30. The van der Waals surface area contributed by atoms with E-state index in [0.29, 0.717) is 16.8 Å². The summed E-state index contributed by atoms with van der Waals surface area (Å²) in [6.07, 6.45) is -6.12. The Labute approximate surface area is 224 Å². The predicted molar refractivity (Wildman–Crippen MR) is 144 cm³/mol. The first-order valence-corrected chi connectivity index (χ1v) is 12.6. The van der Waals surface area contributed by atoms with Crippen LogP contribution in [-0.2, 0) is 12.4 Å². The number of nitrogens with one attached hydrogen (secondary N) is 2. The molecule has 3 aromatic rings. The van der Waals surface area contributed by atoms with Crippen LogP contribution >= 0.6 is 0 Å². The highest BCUT2D eigenvalue weighted by atomic mass is 19.4. The molecule has 0 saturated heterocycles. The number of aliphatic imine (C=N–C) groups is 1. The van der Waals surface area contributed by atoms with Crippen LogP contribution in [-0.4, -0.2) is 5.84 Å². The van der Waals surface area contributed by atoms with Crippen molar-refractivity contribution < 1.29 is 26.3 Å². The van der Waals surface area contributed by atoms with E-state index in [1.807, 2.05) is 0 Å². The average Bonchev–Trinajstić information content (AvgIpc) is 2.88. The van der Waals surface area contributed by atoms with Gasteiger partial charge in [0.1, 0.15) is 12.0 Å². The fourth-order valence-electron chi connectivity index (χ4n) is 4.12. The quantitative estimate of drug-likeness (QED) is 0.312. The number of fused-ring (bicyclic) bond motifs is 1. The normalized spacial score (nSPS) is 14.8. The zero-order valence-corrected chi connectivity index (χ0v) is 22.0. The Balaban J connectivity index is 0.000000771. The van der Waals surface area contributed by atoms with Crippen LogP contribution in [0.25, 0.3) is 5.70 Å². The zero-order valence-electron chi connectivity index (χ0n) is 22.0. The summed E-state index contributed by atoms with van der Waals surface area (Å²) in [7, 11) is 0. The van der Waals surface area contributed by atoms with Gasteiger partial charge < -0.3 is 10.6 Å². The van der Waals surface area contributed by atoms with Gasteiger partial charge in [-0.25, -0.2) is 4.99 Å². The van der Waals surface area contributed by atoms with E-state index >= 15 is 0 Å². The van der Waals surface area contributed by atoms with E-state index in [1.54, 1.807) is 31.2 Å². The van der Waals surface area contributed by atoms with Crippen molar-refractivity contribution in [2.24, 2.45) is 4.99 Å². The number of hydrogen-bond acceptors (Lipinski definition) is 3. The van der Waals surface area contributed by atoms with Crippen molar-refractivity contribution in [2.75, 3.05) is 5.32 Å². The van der Waals surface area contributed by atoms with Gasteiger partial charge in [-0.1, -0.05) is 76.1 Å². The van der Waals surface area contributed by atoms with Crippen LogP contribution in [0.2, 0.25) is 0 Å². The van der Waals surface area contributed by atoms with Crippen LogP contribution in [0, 0.1) is 6.92 Å². The third-order valence-corrected chi connectivity index (χ3v) is 6.16. The molecular formula is C30H31F6N3. The molecule has 39 heavy (non-hydrogen) atoms. The van der Waals surface area contributed by atoms with Gasteiger partial charge >= 0.3 is 12.4 Å². The van der Waals surface area contributed by atoms with Gasteiger partial charge in [0.05, 0.1) is 11.1 Å². The fourth-order valence-corrected chi connectivity index (χ4v) is 4.12. The molecule has 208 valence electrons. The summed E-state index contributed by atoms with van der Waals surface area (Å²) in [5, 5.41) is 5.94. The average molecular weight is 548 g/mol. The minimum atomic E-state index is -4.59. The van der Waals surface area contributed by atoms with Crippen molar-refractivity contribution in [3.8, 4) is 0 Å². The van der Waals surface area contributed by atoms with Crippen molar-refractivity contribution in [3.05, 3.63) is 107 Å². The molecule has 3 aromatic carbocycles. The standard InChI is InChI=1S/C25H19F6N3.C5H12/c1-14-11-12-16(24(26,27)28)13-19(14)15(2)32-23-18-8-4-6-10-21(18)33-22(34-23)17-7-3-5-9-20(17)25(29,30)31;1-3-5-4-2/h3-13,22,33H,2H2,1H3,(H,32,34);3-5H2,1-2H3. The minimum absolute atomic E-state index is 0.0790. The number of hydrogen-bond donors (Lipinski definition) is 2. The predicted octanol–water partition coefficient (Wildman–Crippen LogP) is 9.36. The third-order valence-electron chi connectivity index (χ3n) is 6.16. The van der Waals surface area contributed by atoms with Crippen LogP contribution in [0.15, 0.2) is 78.3 Å². The molecule has 3 nitrogen and oxygen atoms in total. The molecule has 1 unspecified atom stereocenters. The Morgan fingerprint density at radius 1 is 0.897 bits per heavy atom. The minimum Gasteiger partial charge on any atom is -0.359 e. The van der Waals surface area contributed by atoms with E-state index in [-0.39, 0.29) is 22.7 Å². The fraction of sp³-hybridized carbons (Fsp3) is 0.300. The summed E-state index contributed by atoms with van der Waals surface area (Å²) in [5.74, 6) is 0.193. The maximum absolute atomic E-state index is 13.6. The van der Waals surface area contributed by atoms with Gasteiger partial charge in [0.25, 0.3) is 0 Å². The van der Waals surface area contributed by atoms with Crippen molar-refractivity contribution in [2.45, 2.75) is 58.6 Å². The molecule has 0 saturated carbocycles. The van der Waals surface area contributed by atoms with E-state index in [2.05, 4.69) is 36.1 Å². The number of halogens is 6. The molecule has 9 heteroatoms. The molecule has 0 spiro atoms. The number of para-hydroxylation sites is 1. The van der Waals surface area contributed by atoms with Crippen LogP contribution in [0.3, 0.4) is 0 Å². The molecule has 0 amide bonds. The summed E-state index contributed by atoms with van der Waals surface area (Å²) in [6.45, 7) is 9.94. The summed E-state index contributed by atoms with van der Waals surface area (Å²) < 4.78 is 80.5. The summed E-state index contributed by atoms with van der Waals surface area (Å²) in [4.78, 5) is 4.45. The largest absolute Gasteiger partial charge is 0.416 e. The van der Waals surface area contributed by atoms with Gasteiger partial charge in [-0.3, -0.25) is 0 Å². The monoisotopic (exact) mass is 547 g/mol. The SMILES string of the molecule is C=C(NC1=NC(c2ccccc2C(F)(F)F)Nc2ccccc21)c1cc(C(F)(F)F)ccc1C.CCCCC. The van der Waals surface area contributed by atoms with Crippen LogP contribution in [0.1, 0.15) is 72.7 Å². The highest BCUT2D eigenvalue weighted by Crippen LogP contribution is 2.38. The first-order chi connectivity index (χ1) is 18.4. The topological polar surface area (TPSA) is 36.4 Å². The number of unbranched alkanes of at least 4 members (excludes halogenated alkanes) is 2. The first kappa shape index (κ1) is 29.8. The number of amidine groups is 1. The first-order valence-electron chi connectivity index (χ1n) is 12.6. The maximum atomic E-state index is 13.6. The zero-order chi connectivity index (χ0) is 28.8. The van der Waals surface area contributed by atoms with Crippen molar-refractivity contribution >= 4 is 17.2 Å². The number of aryl methyl sites for hydroxylation is 1. The van der Waals surface area contributed by atoms with Crippen LogP contribution in [0.4, 0.5) is 32.0 Å². The highest BCUT2D eigenvalue weighted by molar-refractivity contribution is 6.08. The van der Waals surface area contributed by atoms with E-state index < -0.39 is 29.6 Å². The second kappa shape index (κ2) is 12.4. The van der Waals surface area contributed by atoms with Crippen molar-refractivity contribution in [1.82, 2.24) is 5.32 Å². The molecule has 0 fully saturated rings. The lowest BCUT2D eigenvalue weighted by molar-refractivity contribution is -0.138. The van der Waals surface area contributed by atoms with Crippen LogP contribution < -0.4 is 10.6 Å². The van der Waals surface area contributed by atoms with Crippen molar-refractivity contribution in [3.63, 3.8) is 0 Å². The molecule has 1 aliphatic rings. The Kier molecular flexibility index (Phi) is 9.48. The summed E-state index contributed by atoms with van der Waals surface area (Å²) >= 11 is 0. The van der Waals surface area contributed by atoms with Crippen LogP contribution in [0.5, 0.6) is 0 Å². The van der Waals surface area contributed by atoms with E-state index in [1.165, 1.54) is 43.5 Å². The Hall–Kier alpha value is -3.75. The molecule has 1 atom stereocenters. The molecule has 0 radical (unpaired) electrons. The molecule has 2 N–H and O–H groups in total. The molecule has 0 aromatic heterocycles. The number of benzene rings is 3. The number of rotatable bonds is 5. The molecule has 0 bridgehead atoms. The van der Waals surface area contributed by atoms with E-state index in [9.17, 15) is 26.3 Å². The number of anilines is 1. The third kappa shape index (κ3) is 7.43. The summed E-state index contributed by atoms with van der Waals surface area (Å²) in [5.41, 5.74) is 0.243.